The monoisotopic (exact) mass is 308 g/mol. The number of hydrogen-bond donors (Lipinski definition) is 0. The molecule has 0 radical (unpaired) electrons. The van der Waals surface area contributed by atoms with Crippen LogP contribution < -0.4 is 0 Å². The van der Waals surface area contributed by atoms with Crippen molar-refractivity contribution in [2.75, 3.05) is 0 Å². The summed E-state index contributed by atoms with van der Waals surface area (Å²) in [5.41, 5.74) is 6.90. The van der Waals surface area contributed by atoms with Crippen molar-refractivity contribution in [3.05, 3.63) is 58.7 Å². The maximum absolute atomic E-state index is 2.52. The van der Waals surface area contributed by atoms with Crippen LogP contribution in [-0.2, 0) is 17.3 Å². The summed E-state index contributed by atoms with van der Waals surface area (Å²) in [6.45, 7) is 9.65. The highest BCUT2D eigenvalue weighted by atomic mass is 14.4. The Kier molecular flexibility index (Phi) is 4.54. The lowest BCUT2D eigenvalue weighted by molar-refractivity contribution is 0.331. The van der Waals surface area contributed by atoms with Gasteiger partial charge < -0.3 is 0 Å². The zero-order valence-electron chi connectivity index (χ0n) is 15.4. The smallest absolute Gasteiger partial charge is 0.0100 e. The molecule has 0 heterocycles. The van der Waals surface area contributed by atoms with Crippen LogP contribution in [0.3, 0.4) is 0 Å². The van der Waals surface area contributed by atoms with Gasteiger partial charge in [-0.15, -0.1) is 0 Å². The van der Waals surface area contributed by atoms with E-state index in [1.54, 1.807) is 11.1 Å². The van der Waals surface area contributed by atoms with Crippen LogP contribution in [0.2, 0.25) is 0 Å². The Morgan fingerprint density at radius 2 is 1.61 bits per heavy atom. The molecule has 0 atom stereocenters. The highest BCUT2D eigenvalue weighted by molar-refractivity contribution is 5.43. The molecule has 23 heavy (non-hydrogen) atoms. The Morgan fingerprint density at radius 1 is 0.870 bits per heavy atom. The molecular weight excluding hydrogens is 276 g/mol. The van der Waals surface area contributed by atoms with E-state index in [4.69, 9.17) is 0 Å². The van der Waals surface area contributed by atoms with Gasteiger partial charge in [0.2, 0.25) is 0 Å². The molecule has 0 bridgehead atoms. The van der Waals surface area contributed by atoms with Crippen molar-refractivity contribution in [3.8, 4) is 0 Å². The number of hydrogen-bond acceptors (Lipinski definition) is 0. The number of aryl methyl sites for hydroxylation is 1. The van der Waals surface area contributed by atoms with E-state index in [0.717, 1.165) is 0 Å². The second-order valence-corrected chi connectivity index (χ2v) is 8.76. The molecule has 2 aliphatic carbocycles. The van der Waals surface area contributed by atoms with Gasteiger partial charge in [0.05, 0.1) is 0 Å². The van der Waals surface area contributed by atoms with Gasteiger partial charge in [0.25, 0.3) is 0 Å². The standard InChI is InChI=1S/C23H32/c1-22(2)15-16-23(3,4)21-17-19(13-14-20(21)22)12-8-11-18-9-6-5-7-10-18/h6,9-10,13-14,17H,5,7-8,11-12,15-16H2,1-4H3. The lowest BCUT2D eigenvalue weighted by Gasteiger charge is -2.42. The van der Waals surface area contributed by atoms with Crippen LogP contribution in [0.1, 0.15) is 82.9 Å². The zero-order valence-corrected chi connectivity index (χ0v) is 15.4. The SMILES string of the molecule is CC1(C)CCC(C)(C)c2cc(CCCC3=CCCC=C3)ccc21. The average molecular weight is 309 g/mol. The third-order valence-corrected chi connectivity index (χ3v) is 5.92. The minimum absolute atomic E-state index is 0.329. The molecule has 0 unspecified atom stereocenters. The highest BCUT2D eigenvalue weighted by Crippen LogP contribution is 2.45. The van der Waals surface area contributed by atoms with Gasteiger partial charge in [0.1, 0.15) is 0 Å². The van der Waals surface area contributed by atoms with E-state index < -0.39 is 0 Å². The Balaban J connectivity index is 1.72. The number of rotatable bonds is 4. The molecule has 0 heteroatoms. The van der Waals surface area contributed by atoms with E-state index >= 15 is 0 Å². The van der Waals surface area contributed by atoms with Gasteiger partial charge in [-0.25, -0.2) is 0 Å². The van der Waals surface area contributed by atoms with E-state index in [2.05, 4.69) is 64.1 Å². The van der Waals surface area contributed by atoms with Crippen molar-refractivity contribution in [3.63, 3.8) is 0 Å². The minimum atomic E-state index is 0.329. The van der Waals surface area contributed by atoms with Crippen LogP contribution in [0.5, 0.6) is 0 Å². The Bertz CT molecular complexity index is 625. The molecule has 3 rings (SSSR count). The largest absolute Gasteiger partial charge is 0.0840 e. The molecule has 0 saturated heterocycles. The third-order valence-electron chi connectivity index (χ3n) is 5.92. The van der Waals surface area contributed by atoms with Crippen LogP contribution in [0.25, 0.3) is 0 Å². The maximum Gasteiger partial charge on any atom is -0.0100 e. The van der Waals surface area contributed by atoms with Crippen LogP contribution in [0.4, 0.5) is 0 Å². The zero-order chi connectivity index (χ0) is 16.5. The van der Waals surface area contributed by atoms with E-state index in [0.29, 0.717) is 10.8 Å². The van der Waals surface area contributed by atoms with E-state index in [9.17, 15) is 0 Å². The maximum atomic E-state index is 2.52. The number of allylic oxidation sites excluding steroid dienone is 4. The molecule has 0 spiro atoms. The molecule has 1 aromatic rings. The van der Waals surface area contributed by atoms with Gasteiger partial charge in [-0.05, 0) is 72.5 Å². The van der Waals surface area contributed by atoms with Crippen molar-refractivity contribution in [2.45, 2.75) is 83.5 Å². The number of benzene rings is 1. The summed E-state index contributed by atoms with van der Waals surface area (Å²) in [4.78, 5) is 0. The summed E-state index contributed by atoms with van der Waals surface area (Å²) in [6, 6.07) is 7.32. The molecule has 0 aliphatic heterocycles. The van der Waals surface area contributed by atoms with Gasteiger partial charge in [0.15, 0.2) is 0 Å². The van der Waals surface area contributed by atoms with Crippen molar-refractivity contribution < 1.29 is 0 Å². The molecular formula is C23H32. The minimum Gasteiger partial charge on any atom is -0.0840 e. The average Bonchev–Trinajstić information content (AvgIpc) is 2.53. The van der Waals surface area contributed by atoms with E-state index in [1.165, 1.54) is 56.1 Å². The van der Waals surface area contributed by atoms with Crippen LogP contribution in [0.15, 0.2) is 42.0 Å². The predicted molar refractivity (Wildman–Crippen MR) is 101 cm³/mol. The molecule has 0 N–H and O–H groups in total. The molecule has 0 fully saturated rings. The lowest BCUT2D eigenvalue weighted by atomic mass is 9.63. The van der Waals surface area contributed by atoms with Crippen LogP contribution in [0, 0.1) is 0 Å². The van der Waals surface area contributed by atoms with Gasteiger partial charge >= 0.3 is 0 Å². The normalized spacial score (nSPS) is 21.7. The quantitative estimate of drug-likeness (QED) is 0.585. The Labute approximate surface area is 142 Å². The molecule has 0 nitrogen and oxygen atoms in total. The fraction of sp³-hybridized carbons (Fsp3) is 0.565. The fourth-order valence-electron chi connectivity index (χ4n) is 4.14. The molecule has 0 aromatic heterocycles. The summed E-state index contributed by atoms with van der Waals surface area (Å²) >= 11 is 0. The predicted octanol–water partition coefficient (Wildman–Crippen LogP) is 6.63. The topological polar surface area (TPSA) is 0 Å². The highest BCUT2D eigenvalue weighted by Gasteiger charge is 2.36. The van der Waals surface area contributed by atoms with Gasteiger partial charge in [-0.2, -0.15) is 0 Å². The summed E-state index contributed by atoms with van der Waals surface area (Å²) in [7, 11) is 0. The molecule has 124 valence electrons. The van der Waals surface area contributed by atoms with Crippen molar-refractivity contribution >= 4 is 0 Å². The van der Waals surface area contributed by atoms with Gasteiger partial charge in [0, 0.05) is 0 Å². The van der Waals surface area contributed by atoms with E-state index in [1.807, 2.05) is 0 Å². The molecule has 0 amide bonds. The first-order valence-corrected chi connectivity index (χ1v) is 9.38. The third kappa shape index (κ3) is 3.62. The first kappa shape index (κ1) is 16.6. The molecule has 1 aromatic carbocycles. The molecule has 0 saturated carbocycles. The fourth-order valence-corrected chi connectivity index (χ4v) is 4.14. The summed E-state index contributed by atoms with van der Waals surface area (Å²) in [6.07, 6.45) is 15.8. The van der Waals surface area contributed by atoms with Crippen LogP contribution >= 0.6 is 0 Å². The van der Waals surface area contributed by atoms with Crippen LogP contribution in [-0.4, -0.2) is 0 Å². The first-order valence-electron chi connectivity index (χ1n) is 9.38. The second-order valence-electron chi connectivity index (χ2n) is 8.76. The van der Waals surface area contributed by atoms with E-state index in [-0.39, 0.29) is 0 Å². The van der Waals surface area contributed by atoms with Crippen molar-refractivity contribution in [1.29, 1.82) is 0 Å². The Morgan fingerprint density at radius 3 is 2.30 bits per heavy atom. The van der Waals surface area contributed by atoms with Crippen molar-refractivity contribution in [1.82, 2.24) is 0 Å². The summed E-state index contributed by atoms with van der Waals surface area (Å²) in [5, 5.41) is 0. The van der Waals surface area contributed by atoms with Gasteiger partial charge in [-0.3, -0.25) is 0 Å². The number of fused-ring (bicyclic) bond motifs is 1. The summed E-state index contributed by atoms with van der Waals surface area (Å²) in [5.74, 6) is 0. The Hall–Kier alpha value is -1.30. The summed E-state index contributed by atoms with van der Waals surface area (Å²) < 4.78 is 0. The van der Waals surface area contributed by atoms with Gasteiger partial charge in [-0.1, -0.05) is 69.7 Å². The first-order chi connectivity index (χ1) is 10.9. The lowest BCUT2D eigenvalue weighted by Crippen LogP contribution is -2.33. The van der Waals surface area contributed by atoms with Crippen molar-refractivity contribution in [2.24, 2.45) is 0 Å². The molecule has 2 aliphatic rings. The second kappa shape index (κ2) is 6.30.